The molecule has 14 heavy (non-hydrogen) atoms. The summed E-state index contributed by atoms with van der Waals surface area (Å²) in [6, 6.07) is 1.90. The number of halogens is 3. The highest BCUT2D eigenvalue weighted by atomic mass is 32.1. The Morgan fingerprint density at radius 1 is 1.43 bits per heavy atom. The summed E-state index contributed by atoms with van der Waals surface area (Å²) in [6.45, 7) is -3.50. The fourth-order valence-corrected chi connectivity index (χ4v) is 1.15. The summed E-state index contributed by atoms with van der Waals surface area (Å²) < 4.78 is 40.4. The Balaban J connectivity index is 3.02. The molecule has 1 rings (SSSR count). The molecule has 2 nitrogen and oxygen atoms in total. The van der Waals surface area contributed by atoms with Gasteiger partial charge in [-0.3, -0.25) is 0 Å². The lowest BCUT2D eigenvalue weighted by Gasteiger charge is -2.08. The predicted molar refractivity (Wildman–Crippen MR) is 46.2 cm³/mol. The minimum Gasteiger partial charge on any atom is -0.432 e. The highest BCUT2D eigenvalue weighted by Crippen LogP contribution is 2.26. The van der Waals surface area contributed by atoms with Crippen molar-refractivity contribution in [2.75, 3.05) is 0 Å². The molecule has 0 bridgehead atoms. The van der Waals surface area contributed by atoms with Crippen LogP contribution in [0.2, 0.25) is 0 Å². The van der Waals surface area contributed by atoms with E-state index in [2.05, 4.69) is 17.4 Å². The maximum atomic E-state index is 13.0. The molecule has 6 heteroatoms. The van der Waals surface area contributed by atoms with Gasteiger partial charge in [-0.2, -0.15) is 8.78 Å². The first-order chi connectivity index (χ1) is 6.54. The zero-order chi connectivity index (χ0) is 10.7. The third kappa shape index (κ3) is 2.55. The van der Waals surface area contributed by atoms with E-state index in [-0.39, 0.29) is 10.5 Å². The normalized spacial score (nSPS) is 10.7. The summed E-state index contributed by atoms with van der Waals surface area (Å²) in [5, 5.41) is 8.71. The zero-order valence-electron chi connectivity index (χ0n) is 6.88. The first kappa shape index (κ1) is 11.2. The Labute approximate surface area is 83.7 Å². The highest BCUT2D eigenvalue weighted by molar-refractivity contribution is 7.80. The van der Waals surface area contributed by atoms with Crippen LogP contribution in [0.4, 0.5) is 13.2 Å². The van der Waals surface area contributed by atoms with Gasteiger partial charge in [0.2, 0.25) is 0 Å². The summed E-state index contributed by atoms with van der Waals surface area (Å²) in [7, 11) is 0. The van der Waals surface area contributed by atoms with Crippen LogP contribution in [0, 0.1) is 5.82 Å². The molecule has 78 valence electrons. The van der Waals surface area contributed by atoms with Crippen molar-refractivity contribution in [3.63, 3.8) is 0 Å². The average Bonchev–Trinajstić information content (AvgIpc) is 2.10. The summed E-state index contributed by atoms with van der Waals surface area (Å²) in [5.41, 5.74) is 0.215. The van der Waals surface area contributed by atoms with E-state index < -0.39 is 24.8 Å². The summed E-state index contributed by atoms with van der Waals surface area (Å²) in [4.78, 5) is 0.199. The number of hydrogen-bond donors (Lipinski definition) is 2. The second kappa shape index (κ2) is 4.56. The molecule has 1 N–H and O–H groups in total. The number of ether oxygens (including phenoxy) is 1. The van der Waals surface area contributed by atoms with Crippen molar-refractivity contribution in [2.24, 2.45) is 0 Å². The molecule has 0 aromatic heterocycles. The highest BCUT2D eigenvalue weighted by Gasteiger charge is 2.12. The molecule has 0 aliphatic heterocycles. The van der Waals surface area contributed by atoms with Gasteiger partial charge in [0.1, 0.15) is 0 Å². The van der Waals surface area contributed by atoms with E-state index in [1.165, 1.54) is 0 Å². The fourth-order valence-electron chi connectivity index (χ4n) is 0.897. The second-order valence-electron chi connectivity index (χ2n) is 2.45. The third-order valence-electron chi connectivity index (χ3n) is 1.52. The van der Waals surface area contributed by atoms with Gasteiger partial charge >= 0.3 is 6.61 Å². The van der Waals surface area contributed by atoms with Gasteiger partial charge in [-0.1, -0.05) is 0 Å². The molecule has 0 fully saturated rings. The van der Waals surface area contributed by atoms with E-state index in [1.807, 2.05) is 0 Å². The molecular weight excluding hydrogens is 217 g/mol. The number of benzene rings is 1. The molecule has 0 saturated carbocycles. The smallest absolute Gasteiger partial charge is 0.387 e. The molecule has 0 saturated heterocycles. The fraction of sp³-hybridized carbons (Fsp3) is 0.250. The van der Waals surface area contributed by atoms with Crippen LogP contribution in [0.3, 0.4) is 0 Å². The molecule has 0 heterocycles. The van der Waals surface area contributed by atoms with Crippen LogP contribution >= 0.6 is 12.6 Å². The molecule has 0 atom stereocenters. The number of hydrogen-bond acceptors (Lipinski definition) is 3. The van der Waals surface area contributed by atoms with Gasteiger partial charge in [-0.05, 0) is 17.7 Å². The van der Waals surface area contributed by atoms with Gasteiger partial charge in [0, 0.05) is 4.90 Å². The van der Waals surface area contributed by atoms with E-state index in [4.69, 9.17) is 5.11 Å². The largest absolute Gasteiger partial charge is 0.432 e. The Kier molecular flexibility index (Phi) is 3.65. The van der Waals surface area contributed by atoms with Crippen molar-refractivity contribution >= 4 is 12.6 Å². The van der Waals surface area contributed by atoms with Crippen LogP contribution in [0.1, 0.15) is 5.56 Å². The minimum absolute atomic E-state index is 0.199. The SMILES string of the molecule is OCc1cc(F)c(OC(F)F)cc1S. The van der Waals surface area contributed by atoms with Crippen molar-refractivity contribution in [2.45, 2.75) is 18.1 Å². The van der Waals surface area contributed by atoms with Gasteiger partial charge in [-0.25, -0.2) is 4.39 Å². The number of aliphatic hydroxyl groups is 1. The lowest BCUT2D eigenvalue weighted by Crippen LogP contribution is -2.04. The van der Waals surface area contributed by atoms with Gasteiger partial charge < -0.3 is 9.84 Å². The first-order valence-electron chi connectivity index (χ1n) is 3.61. The molecule has 0 radical (unpaired) electrons. The molecule has 1 aromatic carbocycles. The van der Waals surface area contributed by atoms with E-state index in [0.717, 1.165) is 12.1 Å². The maximum absolute atomic E-state index is 13.0. The van der Waals surface area contributed by atoms with Crippen LogP contribution in [0.15, 0.2) is 17.0 Å². The van der Waals surface area contributed by atoms with Crippen LogP contribution in [-0.2, 0) is 6.61 Å². The monoisotopic (exact) mass is 224 g/mol. The quantitative estimate of drug-likeness (QED) is 0.771. The van der Waals surface area contributed by atoms with E-state index >= 15 is 0 Å². The van der Waals surface area contributed by atoms with Crippen molar-refractivity contribution in [1.82, 2.24) is 0 Å². The number of rotatable bonds is 3. The Morgan fingerprint density at radius 3 is 2.57 bits per heavy atom. The van der Waals surface area contributed by atoms with Gasteiger partial charge in [0.05, 0.1) is 6.61 Å². The van der Waals surface area contributed by atoms with Crippen LogP contribution in [-0.4, -0.2) is 11.7 Å². The van der Waals surface area contributed by atoms with Gasteiger partial charge in [0.15, 0.2) is 11.6 Å². The van der Waals surface area contributed by atoms with Crippen LogP contribution in [0.5, 0.6) is 5.75 Å². The summed E-state index contributed by atoms with van der Waals surface area (Å²) in [6.07, 6.45) is 0. The van der Waals surface area contributed by atoms with E-state index in [1.54, 1.807) is 0 Å². The van der Waals surface area contributed by atoms with Gasteiger partial charge in [0.25, 0.3) is 0 Å². The molecule has 0 unspecified atom stereocenters. The maximum Gasteiger partial charge on any atom is 0.387 e. The Hall–Kier alpha value is -0.880. The van der Waals surface area contributed by atoms with Crippen LogP contribution < -0.4 is 4.74 Å². The second-order valence-corrected chi connectivity index (χ2v) is 2.93. The Bertz CT molecular complexity index is 331. The van der Waals surface area contributed by atoms with E-state index in [9.17, 15) is 13.2 Å². The molecular formula is C8H7F3O2S. The molecule has 0 aliphatic rings. The lowest BCUT2D eigenvalue weighted by molar-refractivity contribution is -0.0523. The number of aliphatic hydroxyl groups excluding tert-OH is 1. The molecule has 0 amide bonds. The topological polar surface area (TPSA) is 29.5 Å². The van der Waals surface area contributed by atoms with Gasteiger partial charge in [-0.15, -0.1) is 12.6 Å². The zero-order valence-corrected chi connectivity index (χ0v) is 7.77. The molecule has 0 aliphatic carbocycles. The predicted octanol–water partition coefficient (Wildman–Crippen LogP) is 2.21. The summed E-state index contributed by atoms with van der Waals surface area (Å²) >= 11 is 3.87. The first-order valence-corrected chi connectivity index (χ1v) is 4.06. The standard InChI is InChI=1S/C8H7F3O2S/c9-5-1-4(3-12)7(14)2-6(5)13-8(10)11/h1-2,8,12,14H,3H2. The molecule has 1 aromatic rings. The van der Waals surface area contributed by atoms with E-state index in [0.29, 0.717) is 0 Å². The van der Waals surface area contributed by atoms with Crippen molar-refractivity contribution < 1.29 is 23.0 Å². The summed E-state index contributed by atoms with van der Waals surface area (Å²) in [5.74, 6) is -1.53. The minimum atomic E-state index is -3.09. The van der Waals surface area contributed by atoms with Crippen molar-refractivity contribution in [1.29, 1.82) is 0 Å². The third-order valence-corrected chi connectivity index (χ3v) is 1.94. The van der Waals surface area contributed by atoms with Crippen molar-refractivity contribution in [3.05, 3.63) is 23.5 Å². The molecule has 0 spiro atoms. The number of alkyl halides is 2. The number of thiol groups is 1. The van der Waals surface area contributed by atoms with Crippen molar-refractivity contribution in [3.8, 4) is 5.75 Å². The average molecular weight is 224 g/mol. The lowest BCUT2D eigenvalue weighted by atomic mass is 10.2. The van der Waals surface area contributed by atoms with Crippen LogP contribution in [0.25, 0.3) is 0 Å². The Morgan fingerprint density at radius 2 is 2.07 bits per heavy atom.